The monoisotopic (exact) mass is 599 g/mol. The van der Waals surface area contributed by atoms with E-state index in [1.54, 1.807) is 18.2 Å². The van der Waals surface area contributed by atoms with Crippen molar-refractivity contribution in [3.63, 3.8) is 0 Å². The zero-order valence-electron chi connectivity index (χ0n) is 23.8. The van der Waals surface area contributed by atoms with Gasteiger partial charge in [0.2, 0.25) is 16.8 Å². The second-order valence-corrected chi connectivity index (χ2v) is 10.5. The van der Waals surface area contributed by atoms with Gasteiger partial charge in [-0.3, -0.25) is 4.79 Å². The summed E-state index contributed by atoms with van der Waals surface area (Å²) in [5.74, 6) is -0.0484. The number of hydrogen-bond donors (Lipinski definition) is 2. The van der Waals surface area contributed by atoms with Crippen LogP contribution in [0.5, 0.6) is 0 Å². The first-order chi connectivity index (χ1) is 20.9. The molecule has 0 radical (unpaired) electrons. The second kappa shape index (κ2) is 14.1. The molecule has 0 aliphatic carbocycles. The van der Waals surface area contributed by atoms with Gasteiger partial charge >= 0.3 is 0 Å². The van der Waals surface area contributed by atoms with Crippen molar-refractivity contribution in [3.05, 3.63) is 120 Å². The highest BCUT2D eigenvalue weighted by molar-refractivity contribution is 6.34. The van der Waals surface area contributed by atoms with E-state index in [1.807, 2.05) is 73.6 Å². The molecule has 10 heteroatoms. The Morgan fingerprint density at radius 2 is 1.88 bits per heavy atom. The first-order valence-electron chi connectivity index (χ1n) is 13.7. The summed E-state index contributed by atoms with van der Waals surface area (Å²) in [7, 11) is 3.86. The Morgan fingerprint density at radius 1 is 1.07 bits per heavy atom. The lowest BCUT2D eigenvalue weighted by molar-refractivity contribution is -0.111. The van der Waals surface area contributed by atoms with Crippen LogP contribution in [0.3, 0.4) is 0 Å². The molecule has 43 heavy (non-hydrogen) atoms. The number of likely N-dealkylation sites (N-methyl/N-ethyl adjacent to an activating group) is 1. The van der Waals surface area contributed by atoms with Crippen LogP contribution in [0.4, 0.5) is 15.9 Å². The van der Waals surface area contributed by atoms with Crippen LogP contribution in [0.1, 0.15) is 17.2 Å². The number of furan rings is 1. The Kier molecular flexibility index (Phi) is 9.78. The molecule has 0 aliphatic rings. The summed E-state index contributed by atoms with van der Waals surface area (Å²) in [5, 5.41) is 7.11. The number of nitrogens with zero attached hydrogens (tertiary/aromatic N) is 3. The maximum absolute atomic E-state index is 13.7. The van der Waals surface area contributed by atoms with Crippen LogP contribution in [-0.2, 0) is 16.1 Å². The fraction of sp³-hybridized carbons (Fsp3) is 0.182. The Morgan fingerprint density at radius 3 is 2.67 bits per heavy atom. The third-order valence-electron chi connectivity index (χ3n) is 6.56. The van der Waals surface area contributed by atoms with Crippen LogP contribution in [0, 0.1) is 5.82 Å². The fourth-order valence-electron chi connectivity index (χ4n) is 4.57. The number of carbonyl (C=O) groups excluding carboxylic acids is 1. The summed E-state index contributed by atoms with van der Waals surface area (Å²) in [6.07, 6.45) is 4.70. The summed E-state index contributed by atoms with van der Waals surface area (Å²) < 4.78 is 25.5. The van der Waals surface area contributed by atoms with E-state index in [4.69, 9.17) is 20.8 Å². The van der Waals surface area contributed by atoms with Gasteiger partial charge in [0.25, 0.3) is 0 Å². The number of hydrogen-bond acceptors (Lipinski definition) is 7. The lowest BCUT2D eigenvalue weighted by atomic mass is 10.0. The summed E-state index contributed by atoms with van der Waals surface area (Å²) in [6.45, 7) is 1.17. The molecule has 1 atom stereocenters. The van der Waals surface area contributed by atoms with E-state index in [2.05, 4.69) is 20.6 Å². The number of nitrogens with one attached hydrogen (secondary N) is 2. The van der Waals surface area contributed by atoms with E-state index < -0.39 is 0 Å². The van der Waals surface area contributed by atoms with Crippen LogP contribution >= 0.6 is 11.6 Å². The third-order valence-corrected chi connectivity index (χ3v) is 6.83. The highest BCUT2D eigenvalue weighted by Crippen LogP contribution is 2.41. The number of ether oxygens (including phenoxy) is 1. The van der Waals surface area contributed by atoms with Crippen molar-refractivity contribution in [2.24, 2.45) is 0 Å². The molecule has 5 rings (SSSR count). The van der Waals surface area contributed by atoms with Crippen molar-refractivity contribution < 1.29 is 18.3 Å². The normalized spacial score (nSPS) is 12.2. The molecule has 0 spiro atoms. The fourth-order valence-corrected chi connectivity index (χ4v) is 4.85. The van der Waals surface area contributed by atoms with Crippen LogP contribution in [0.25, 0.3) is 22.2 Å². The molecule has 0 bridgehead atoms. The van der Waals surface area contributed by atoms with Crippen molar-refractivity contribution in [2.45, 2.75) is 12.6 Å². The quantitative estimate of drug-likeness (QED) is 0.148. The van der Waals surface area contributed by atoms with Gasteiger partial charge in [0.05, 0.1) is 30.2 Å². The van der Waals surface area contributed by atoms with Gasteiger partial charge < -0.3 is 24.7 Å². The average molecular weight is 600 g/mol. The maximum atomic E-state index is 13.7. The number of amides is 1. The van der Waals surface area contributed by atoms with Crippen LogP contribution in [-0.4, -0.2) is 48.0 Å². The smallest absolute Gasteiger partial charge is 0.248 e. The van der Waals surface area contributed by atoms with Gasteiger partial charge in [-0.1, -0.05) is 60.7 Å². The largest absolute Gasteiger partial charge is 0.425 e. The number of anilines is 2. The van der Waals surface area contributed by atoms with Gasteiger partial charge in [-0.2, -0.15) is 0 Å². The molecule has 2 aromatic heterocycles. The Hall–Kier alpha value is -4.57. The topological polar surface area (TPSA) is 92.5 Å². The molecule has 0 fully saturated rings. The van der Waals surface area contributed by atoms with Crippen LogP contribution < -0.4 is 10.6 Å². The predicted octanol–water partition coefficient (Wildman–Crippen LogP) is 7.11. The van der Waals surface area contributed by atoms with Gasteiger partial charge in [-0.15, -0.1) is 0 Å². The van der Waals surface area contributed by atoms with E-state index in [0.717, 1.165) is 16.7 Å². The van der Waals surface area contributed by atoms with Crippen LogP contribution in [0.2, 0.25) is 5.22 Å². The van der Waals surface area contributed by atoms with Crippen LogP contribution in [0.15, 0.2) is 102 Å². The Bertz CT molecular complexity index is 1720. The van der Waals surface area contributed by atoms with E-state index in [1.165, 1.54) is 24.5 Å². The summed E-state index contributed by atoms with van der Waals surface area (Å²) in [6, 6.07) is 23.2. The lowest BCUT2D eigenvalue weighted by Gasteiger charge is -2.20. The molecular weight excluding hydrogens is 569 g/mol. The predicted molar refractivity (Wildman–Crippen MR) is 167 cm³/mol. The molecule has 5 aromatic rings. The number of carbonyl (C=O) groups is 1. The molecule has 2 N–H and O–H groups in total. The van der Waals surface area contributed by atoms with Gasteiger partial charge in [-0.25, -0.2) is 14.4 Å². The molecule has 0 saturated heterocycles. The van der Waals surface area contributed by atoms with E-state index in [-0.39, 0.29) is 36.2 Å². The lowest BCUT2D eigenvalue weighted by Crippen LogP contribution is -2.18. The molecule has 3 aromatic carbocycles. The van der Waals surface area contributed by atoms with E-state index >= 15 is 0 Å². The number of halogens is 2. The zero-order chi connectivity index (χ0) is 30.2. The van der Waals surface area contributed by atoms with Crippen molar-refractivity contribution >= 4 is 40.1 Å². The molecule has 1 unspecified atom stereocenters. The Balaban J connectivity index is 1.43. The average Bonchev–Trinajstić information content (AvgIpc) is 3.33. The minimum absolute atomic E-state index is 0.145. The number of fused-ring (bicyclic) bond motifs is 1. The molecular formula is C33H31ClFN5O3. The minimum Gasteiger partial charge on any atom is -0.425 e. The summed E-state index contributed by atoms with van der Waals surface area (Å²) >= 11 is 6.63. The number of aromatic nitrogens is 2. The second-order valence-electron chi connectivity index (χ2n) is 10.1. The van der Waals surface area contributed by atoms with Gasteiger partial charge in [-0.05, 0) is 66.7 Å². The highest BCUT2D eigenvalue weighted by atomic mass is 35.5. The van der Waals surface area contributed by atoms with Gasteiger partial charge in [0.15, 0.2) is 0 Å². The highest BCUT2D eigenvalue weighted by Gasteiger charge is 2.22. The number of benzene rings is 3. The summed E-state index contributed by atoms with van der Waals surface area (Å²) in [5.41, 5.74) is 3.92. The maximum Gasteiger partial charge on any atom is 0.248 e. The minimum atomic E-state index is -0.311. The van der Waals surface area contributed by atoms with Crippen molar-refractivity contribution in [1.82, 2.24) is 14.9 Å². The molecule has 1 amide bonds. The van der Waals surface area contributed by atoms with E-state index in [9.17, 15) is 9.18 Å². The Labute approximate surface area is 254 Å². The van der Waals surface area contributed by atoms with Crippen molar-refractivity contribution in [2.75, 3.05) is 37.9 Å². The van der Waals surface area contributed by atoms with Gasteiger partial charge in [0.1, 0.15) is 18.0 Å². The number of rotatable bonds is 12. The SMILES string of the molecule is CN(C)CC=CC(=O)Nc1cccc(-c2c(Cl)oc3ncnc(NC(COCc4cccc(F)c4)c4ccccc4)c23)c1. The van der Waals surface area contributed by atoms with Crippen molar-refractivity contribution in [1.29, 1.82) is 0 Å². The summed E-state index contributed by atoms with van der Waals surface area (Å²) in [4.78, 5) is 23.3. The molecule has 0 saturated carbocycles. The molecule has 8 nitrogen and oxygen atoms in total. The van der Waals surface area contributed by atoms with Crippen molar-refractivity contribution in [3.8, 4) is 11.1 Å². The molecule has 0 aliphatic heterocycles. The zero-order valence-corrected chi connectivity index (χ0v) is 24.5. The molecule has 2 heterocycles. The first kappa shape index (κ1) is 29.9. The van der Waals surface area contributed by atoms with E-state index in [0.29, 0.717) is 34.7 Å². The third kappa shape index (κ3) is 7.84. The van der Waals surface area contributed by atoms with Gasteiger partial charge in [0, 0.05) is 18.3 Å². The first-order valence-corrected chi connectivity index (χ1v) is 14.0. The molecule has 220 valence electrons. The standard InChI is InChI=1S/C33H31ClFN5O3/c1-40(2)16-8-15-28(41)38-26-14-7-12-24(18-26)29-30-32(36-21-37-33(30)43-31(29)34)39-27(23-10-4-3-5-11-23)20-42-19-22-9-6-13-25(35)17-22/h3-15,17-18,21,27H,16,19-20H2,1-2H3,(H,38,41)(H,36,37,39).